The van der Waals surface area contributed by atoms with Crippen LogP contribution >= 0.6 is 0 Å². The molecule has 1 aliphatic rings. The fraction of sp³-hybridized carbons (Fsp3) is 0.316. The zero-order valence-corrected chi connectivity index (χ0v) is 13.5. The predicted octanol–water partition coefficient (Wildman–Crippen LogP) is 3.93. The van der Waals surface area contributed by atoms with Crippen molar-refractivity contribution in [3.05, 3.63) is 65.2 Å². The van der Waals surface area contributed by atoms with Crippen LogP contribution in [0.1, 0.15) is 29.0 Å². The number of halogens is 3. The van der Waals surface area contributed by atoms with Gasteiger partial charge in [-0.15, -0.1) is 0 Å². The summed E-state index contributed by atoms with van der Waals surface area (Å²) in [5.41, 5.74) is 1.11. The molecule has 2 aromatic rings. The van der Waals surface area contributed by atoms with Crippen molar-refractivity contribution < 1.29 is 22.7 Å². The Bertz CT molecular complexity index is 741. The van der Waals surface area contributed by atoms with Crippen LogP contribution in [0.3, 0.4) is 0 Å². The number of nitrogens with one attached hydrogen (secondary N) is 1. The highest BCUT2D eigenvalue weighted by Crippen LogP contribution is 2.33. The molecule has 0 saturated heterocycles. The van der Waals surface area contributed by atoms with Gasteiger partial charge in [0.1, 0.15) is 5.75 Å². The van der Waals surface area contributed by atoms with E-state index in [9.17, 15) is 18.0 Å². The number of ether oxygens (including phenoxy) is 1. The molecule has 3 rings (SSSR count). The first-order valence-corrected chi connectivity index (χ1v) is 8.08. The van der Waals surface area contributed by atoms with E-state index < -0.39 is 11.7 Å². The summed E-state index contributed by atoms with van der Waals surface area (Å²) in [5, 5.41) is 2.87. The Hall–Kier alpha value is -2.50. The van der Waals surface area contributed by atoms with Crippen LogP contribution in [0.5, 0.6) is 5.75 Å². The van der Waals surface area contributed by atoms with Crippen molar-refractivity contribution in [2.45, 2.75) is 24.9 Å². The second kappa shape index (κ2) is 7.17. The number of rotatable bonds is 5. The molecule has 0 fully saturated rings. The lowest BCUT2D eigenvalue weighted by atomic mass is 10.0. The molecular weight excluding hydrogens is 331 g/mol. The van der Waals surface area contributed by atoms with Crippen LogP contribution in [0, 0.1) is 0 Å². The van der Waals surface area contributed by atoms with Crippen LogP contribution in [-0.4, -0.2) is 19.1 Å². The number of benzene rings is 2. The number of para-hydroxylation sites is 1. The molecule has 0 unspecified atom stereocenters. The van der Waals surface area contributed by atoms with Crippen LogP contribution in [0.15, 0.2) is 48.5 Å². The van der Waals surface area contributed by atoms with E-state index in [4.69, 9.17) is 4.74 Å². The molecule has 2 aromatic carbocycles. The highest BCUT2D eigenvalue weighted by Gasteiger charge is 2.30. The molecule has 1 atom stereocenters. The molecule has 0 spiro atoms. The Kier molecular flexibility index (Phi) is 4.97. The number of carbonyl (C=O) groups excluding carboxylic acids is 1. The van der Waals surface area contributed by atoms with Gasteiger partial charge in [0, 0.05) is 24.4 Å². The molecule has 25 heavy (non-hydrogen) atoms. The average molecular weight is 349 g/mol. The molecule has 1 heterocycles. The monoisotopic (exact) mass is 349 g/mol. The lowest BCUT2D eigenvalue weighted by molar-refractivity contribution is -0.137. The third-order valence-corrected chi connectivity index (χ3v) is 4.27. The van der Waals surface area contributed by atoms with Gasteiger partial charge in [-0.25, -0.2) is 0 Å². The quantitative estimate of drug-likeness (QED) is 0.888. The van der Waals surface area contributed by atoms with Crippen molar-refractivity contribution in [2.24, 2.45) is 0 Å². The van der Waals surface area contributed by atoms with E-state index in [-0.39, 0.29) is 18.2 Å². The van der Waals surface area contributed by atoms with Crippen LogP contribution in [0.2, 0.25) is 0 Å². The summed E-state index contributed by atoms with van der Waals surface area (Å²) >= 11 is 0. The average Bonchev–Trinajstić information content (AvgIpc) is 3.01. The van der Waals surface area contributed by atoms with E-state index in [0.717, 1.165) is 23.4 Å². The topological polar surface area (TPSA) is 38.3 Å². The molecule has 6 heteroatoms. The molecule has 1 amide bonds. The molecular formula is C19H18F3NO2. The maximum atomic E-state index is 12.5. The van der Waals surface area contributed by atoms with Gasteiger partial charge in [-0.1, -0.05) is 30.3 Å². The fourth-order valence-corrected chi connectivity index (χ4v) is 2.84. The minimum absolute atomic E-state index is 0.121. The Balaban J connectivity index is 1.46. The van der Waals surface area contributed by atoms with Gasteiger partial charge in [0.05, 0.1) is 12.2 Å². The number of hydrogen-bond acceptors (Lipinski definition) is 2. The summed E-state index contributed by atoms with van der Waals surface area (Å²) in [5.74, 6) is 0.863. The smallest absolute Gasteiger partial charge is 0.416 e. The normalized spacial score (nSPS) is 16.2. The summed E-state index contributed by atoms with van der Waals surface area (Å²) in [6.45, 7) is 1.03. The van der Waals surface area contributed by atoms with Gasteiger partial charge in [0.2, 0.25) is 5.91 Å². The van der Waals surface area contributed by atoms with Gasteiger partial charge >= 0.3 is 6.18 Å². The molecule has 3 nitrogen and oxygen atoms in total. The molecule has 0 bridgehead atoms. The van der Waals surface area contributed by atoms with Gasteiger partial charge in [0.15, 0.2) is 0 Å². The third-order valence-electron chi connectivity index (χ3n) is 4.27. The second-order valence-corrected chi connectivity index (χ2v) is 6.04. The van der Waals surface area contributed by atoms with Gasteiger partial charge in [-0.3, -0.25) is 4.79 Å². The first kappa shape index (κ1) is 17.3. The first-order valence-electron chi connectivity index (χ1n) is 8.08. The van der Waals surface area contributed by atoms with Gasteiger partial charge in [-0.05, 0) is 30.2 Å². The number of hydrogen-bond donors (Lipinski definition) is 1. The minimum atomic E-state index is -4.34. The molecule has 0 aromatic heterocycles. The van der Waals surface area contributed by atoms with Gasteiger partial charge in [-0.2, -0.15) is 13.2 Å². The second-order valence-electron chi connectivity index (χ2n) is 6.04. The standard InChI is InChI=1S/C19H18F3NO2/c20-19(21,22)15-8-5-13(6-9-15)7-10-18(24)23-11-14-12-25-17-4-2-1-3-16(14)17/h1-6,8-9,14H,7,10-12H2,(H,23,24)/t14-/m1/s1. The molecule has 0 saturated carbocycles. The van der Waals surface area contributed by atoms with Crippen molar-refractivity contribution in [3.63, 3.8) is 0 Å². The first-order chi connectivity index (χ1) is 11.9. The largest absolute Gasteiger partial charge is 0.493 e. The number of amides is 1. The van der Waals surface area contributed by atoms with Crippen LogP contribution < -0.4 is 10.1 Å². The number of alkyl halides is 3. The number of aryl methyl sites for hydroxylation is 1. The minimum Gasteiger partial charge on any atom is -0.493 e. The molecule has 1 N–H and O–H groups in total. The van der Waals surface area contributed by atoms with Crippen molar-refractivity contribution in [2.75, 3.05) is 13.2 Å². The van der Waals surface area contributed by atoms with Gasteiger partial charge in [0.25, 0.3) is 0 Å². The maximum absolute atomic E-state index is 12.5. The Morgan fingerprint density at radius 3 is 2.56 bits per heavy atom. The number of fused-ring (bicyclic) bond motifs is 1. The summed E-state index contributed by atoms with van der Waals surface area (Å²) in [6.07, 6.45) is -3.70. The highest BCUT2D eigenvalue weighted by atomic mass is 19.4. The third kappa shape index (κ3) is 4.32. The van der Waals surface area contributed by atoms with E-state index in [1.165, 1.54) is 12.1 Å². The summed E-state index contributed by atoms with van der Waals surface area (Å²) < 4.78 is 43.1. The predicted molar refractivity (Wildman–Crippen MR) is 87.5 cm³/mol. The Labute approximate surface area is 143 Å². The van der Waals surface area contributed by atoms with Crippen LogP contribution in [0.25, 0.3) is 0 Å². The van der Waals surface area contributed by atoms with E-state index in [1.807, 2.05) is 24.3 Å². The van der Waals surface area contributed by atoms with Crippen molar-refractivity contribution in [1.29, 1.82) is 0 Å². The van der Waals surface area contributed by atoms with E-state index in [0.29, 0.717) is 25.1 Å². The zero-order chi connectivity index (χ0) is 17.9. The van der Waals surface area contributed by atoms with Crippen molar-refractivity contribution in [3.8, 4) is 5.75 Å². The Morgan fingerprint density at radius 1 is 1.12 bits per heavy atom. The van der Waals surface area contributed by atoms with Crippen molar-refractivity contribution >= 4 is 5.91 Å². The Morgan fingerprint density at radius 2 is 1.84 bits per heavy atom. The summed E-state index contributed by atoms with van der Waals surface area (Å²) in [6, 6.07) is 12.6. The van der Waals surface area contributed by atoms with Crippen molar-refractivity contribution in [1.82, 2.24) is 5.32 Å². The van der Waals surface area contributed by atoms with E-state index in [2.05, 4.69) is 5.32 Å². The lowest BCUT2D eigenvalue weighted by Crippen LogP contribution is -2.29. The molecule has 0 aliphatic carbocycles. The maximum Gasteiger partial charge on any atom is 0.416 e. The summed E-state index contributed by atoms with van der Waals surface area (Å²) in [4.78, 5) is 12.0. The number of carbonyl (C=O) groups is 1. The van der Waals surface area contributed by atoms with Crippen LogP contribution in [-0.2, 0) is 17.4 Å². The summed E-state index contributed by atoms with van der Waals surface area (Å²) in [7, 11) is 0. The van der Waals surface area contributed by atoms with Gasteiger partial charge < -0.3 is 10.1 Å². The SMILES string of the molecule is O=C(CCc1ccc(C(F)(F)F)cc1)NC[C@@H]1COc2ccccc21. The highest BCUT2D eigenvalue weighted by molar-refractivity contribution is 5.76. The molecule has 0 radical (unpaired) electrons. The zero-order valence-electron chi connectivity index (χ0n) is 13.5. The van der Waals surface area contributed by atoms with E-state index >= 15 is 0 Å². The molecule has 1 aliphatic heterocycles. The van der Waals surface area contributed by atoms with E-state index in [1.54, 1.807) is 0 Å². The molecule has 132 valence electrons. The fourth-order valence-electron chi connectivity index (χ4n) is 2.84. The van der Waals surface area contributed by atoms with Crippen LogP contribution in [0.4, 0.5) is 13.2 Å². The lowest BCUT2D eigenvalue weighted by Gasteiger charge is -2.11.